The second-order valence-corrected chi connectivity index (χ2v) is 5.84. The molecule has 3 N–H and O–H groups in total. The summed E-state index contributed by atoms with van der Waals surface area (Å²) in [7, 11) is 1.70. The van der Waals surface area contributed by atoms with Gasteiger partial charge >= 0.3 is 6.03 Å². The van der Waals surface area contributed by atoms with Crippen LogP contribution in [0.1, 0.15) is 19.4 Å². The molecule has 122 valence electrons. The maximum Gasteiger partial charge on any atom is 0.317 e. The lowest BCUT2D eigenvalue weighted by atomic mass is 10.2. The number of nitrogens with zero attached hydrogens (tertiary/aromatic N) is 1. The van der Waals surface area contributed by atoms with E-state index in [-0.39, 0.29) is 18.2 Å². The Hall–Kier alpha value is -1.79. The van der Waals surface area contributed by atoms with Crippen molar-refractivity contribution in [3.05, 3.63) is 29.8 Å². The number of hydrogen-bond acceptors (Lipinski definition) is 4. The van der Waals surface area contributed by atoms with Crippen LogP contribution >= 0.6 is 0 Å². The Morgan fingerprint density at radius 1 is 1.45 bits per heavy atom. The van der Waals surface area contributed by atoms with Crippen LogP contribution in [0, 0.1) is 0 Å². The van der Waals surface area contributed by atoms with Crippen molar-refractivity contribution in [1.29, 1.82) is 0 Å². The van der Waals surface area contributed by atoms with Gasteiger partial charge in [-0.15, -0.1) is 0 Å². The first-order valence-electron chi connectivity index (χ1n) is 7.63. The van der Waals surface area contributed by atoms with E-state index in [1.54, 1.807) is 11.9 Å². The molecular formula is C16H25N3O3. The molecule has 1 saturated heterocycles. The highest BCUT2D eigenvalue weighted by atomic mass is 16.5. The first kappa shape index (κ1) is 16.6. The van der Waals surface area contributed by atoms with Gasteiger partial charge in [0.15, 0.2) is 0 Å². The summed E-state index contributed by atoms with van der Waals surface area (Å²) < 4.78 is 5.74. The summed E-state index contributed by atoms with van der Waals surface area (Å²) in [5.74, 6) is 0.781. The molecule has 1 aliphatic heterocycles. The second kappa shape index (κ2) is 7.47. The SMILES string of the molecule is CC(C)Oc1ccccc1CNC(=O)N(C)[C@H]1CNC[C@@H]1O. The van der Waals surface area contributed by atoms with Gasteiger partial charge in [0, 0.05) is 32.2 Å². The normalized spacial score (nSPS) is 21.0. The molecule has 6 nitrogen and oxygen atoms in total. The molecule has 0 unspecified atom stereocenters. The molecule has 1 aromatic rings. The molecule has 6 heteroatoms. The van der Waals surface area contributed by atoms with Crippen LogP contribution in [0.5, 0.6) is 5.75 Å². The molecule has 0 bridgehead atoms. The largest absolute Gasteiger partial charge is 0.491 e. The van der Waals surface area contributed by atoms with Gasteiger partial charge in [-0.2, -0.15) is 0 Å². The lowest BCUT2D eigenvalue weighted by molar-refractivity contribution is 0.110. The van der Waals surface area contributed by atoms with E-state index in [2.05, 4.69) is 10.6 Å². The molecule has 0 aliphatic carbocycles. The topological polar surface area (TPSA) is 73.8 Å². The lowest BCUT2D eigenvalue weighted by Gasteiger charge is -2.26. The van der Waals surface area contributed by atoms with E-state index in [9.17, 15) is 9.90 Å². The van der Waals surface area contributed by atoms with Gasteiger partial charge in [-0.1, -0.05) is 18.2 Å². The van der Waals surface area contributed by atoms with E-state index < -0.39 is 6.10 Å². The van der Waals surface area contributed by atoms with Crippen molar-refractivity contribution in [2.75, 3.05) is 20.1 Å². The van der Waals surface area contributed by atoms with Crippen molar-refractivity contribution >= 4 is 6.03 Å². The van der Waals surface area contributed by atoms with Gasteiger partial charge in [-0.3, -0.25) is 0 Å². The summed E-state index contributed by atoms with van der Waals surface area (Å²) in [4.78, 5) is 13.8. The van der Waals surface area contributed by atoms with E-state index in [0.29, 0.717) is 19.6 Å². The minimum atomic E-state index is -0.521. The van der Waals surface area contributed by atoms with Gasteiger partial charge in [-0.25, -0.2) is 4.79 Å². The predicted molar refractivity (Wildman–Crippen MR) is 84.9 cm³/mol. The smallest absolute Gasteiger partial charge is 0.317 e. The van der Waals surface area contributed by atoms with Gasteiger partial charge in [0.05, 0.1) is 18.2 Å². The molecule has 0 spiro atoms. The number of urea groups is 1. The zero-order chi connectivity index (χ0) is 16.1. The Labute approximate surface area is 131 Å². The Morgan fingerprint density at radius 2 is 2.18 bits per heavy atom. The number of nitrogens with one attached hydrogen (secondary N) is 2. The van der Waals surface area contributed by atoms with Crippen LogP contribution in [0.25, 0.3) is 0 Å². The van der Waals surface area contributed by atoms with Crippen LogP contribution in [0.4, 0.5) is 4.79 Å². The minimum absolute atomic E-state index is 0.0826. The number of amides is 2. The van der Waals surface area contributed by atoms with Crippen molar-refractivity contribution in [1.82, 2.24) is 15.5 Å². The van der Waals surface area contributed by atoms with Crippen molar-refractivity contribution in [2.24, 2.45) is 0 Å². The van der Waals surface area contributed by atoms with Crippen molar-refractivity contribution in [3.63, 3.8) is 0 Å². The summed E-state index contributed by atoms with van der Waals surface area (Å²) >= 11 is 0. The van der Waals surface area contributed by atoms with Crippen LogP contribution in [-0.4, -0.2) is 54.4 Å². The Kier molecular flexibility index (Phi) is 5.63. The molecule has 2 atom stereocenters. The third kappa shape index (κ3) is 4.11. The fourth-order valence-electron chi connectivity index (χ4n) is 2.51. The molecule has 0 aromatic heterocycles. The quantitative estimate of drug-likeness (QED) is 0.757. The van der Waals surface area contributed by atoms with Crippen LogP contribution < -0.4 is 15.4 Å². The van der Waals surface area contributed by atoms with Gasteiger partial charge < -0.3 is 25.4 Å². The Balaban J connectivity index is 1.93. The average Bonchev–Trinajstić information content (AvgIpc) is 2.90. The van der Waals surface area contributed by atoms with Crippen LogP contribution in [0.15, 0.2) is 24.3 Å². The number of carbonyl (C=O) groups is 1. The molecule has 1 fully saturated rings. The number of hydrogen-bond donors (Lipinski definition) is 3. The monoisotopic (exact) mass is 307 g/mol. The van der Waals surface area contributed by atoms with E-state index in [1.807, 2.05) is 38.1 Å². The molecule has 2 amide bonds. The van der Waals surface area contributed by atoms with E-state index in [1.165, 1.54) is 0 Å². The van der Waals surface area contributed by atoms with E-state index in [4.69, 9.17) is 4.74 Å². The van der Waals surface area contributed by atoms with Gasteiger partial charge in [0.25, 0.3) is 0 Å². The number of β-amino-alcohol motifs (C(OH)–C–C–N with tert-alkyl or cyclic N) is 1. The maximum absolute atomic E-state index is 12.2. The van der Waals surface area contributed by atoms with Gasteiger partial charge in [0.1, 0.15) is 5.75 Å². The number of likely N-dealkylation sites (N-methyl/N-ethyl adjacent to an activating group) is 1. The number of rotatable bonds is 5. The standard InChI is InChI=1S/C16H25N3O3/c1-11(2)22-15-7-5-4-6-12(15)8-18-16(21)19(3)13-9-17-10-14(13)20/h4-7,11,13-14,17,20H,8-10H2,1-3H3,(H,18,21)/t13-,14-/m0/s1. The van der Waals surface area contributed by atoms with E-state index in [0.717, 1.165) is 11.3 Å². The fourth-order valence-corrected chi connectivity index (χ4v) is 2.51. The average molecular weight is 307 g/mol. The number of benzene rings is 1. The molecule has 1 heterocycles. The number of carbonyl (C=O) groups excluding carboxylic acids is 1. The molecule has 0 radical (unpaired) electrons. The molecule has 0 saturated carbocycles. The minimum Gasteiger partial charge on any atom is -0.491 e. The third-order valence-electron chi connectivity index (χ3n) is 3.73. The summed E-state index contributed by atoms with van der Waals surface area (Å²) in [6.07, 6.45) is -0.438. The number of aliphatic hydroxyl groups is 1. The van der Waals surface area contributed by atoms with Crippen molar-refractivity contribution in [3.8, 4) is 5.75 Å². The van der Waals surface area contributed by atoms with Crippen LogP contribution in [-0.2, 0) is 6.54 Å². The van der Waals surface area contributed by atoms with Gasteiger partial charge in [-0.05, 0) is 19.9 Å². The van der Waals surface area contributed by atoms with Crippen molar-refractivity contribution < 1.29 is 14.6 Å². The molecule has 22 heavy (non-hydrogen) atoms. The predicted octanol–water partition coefficient (Wildman–Crippen LogP) is 0.948. The number of aliphatic hydroxyl groups excluding tert-OH is 1. The maximum atomic E-state index is 12.2. The van der Waals surface area contributed by atoms with Gasteiger partial charge in [0.2, 0.25) is 0 Å². The number of para-hydroxylation sites is 1. The fraction of sp³-hybridized carbons (Fsp3) is 0.562. The van der Waals surface area contributed by atoms with E-state index >= 15 is 0 Å². The summed E-state index contributed by atoms with van der Waals surface area (Å²) in [6.45, 7) is 5.46. The zero-order valence-corrected chi connectivity index (χ0v) is 13.4. The Morgan fingerprint density at radius 3 is 2.82 bits per heavy atom. The first-order chi connectivity index (χ1) is 10.5. The Bertz CT molecular complexity index is 507. The second-order valence-electron chi connectivity index (χ2n) is 5.84. The summed E-state index contributed by atoms with van der Waals surface area (Å²) in [5, 5.41) is 15.8. The summed E-state index contributed by atoms with van der Waals surface area (Å²) in [6, 6.07) is 7.27. The first-order valence-corrected chi connectivity index (χ1v) is 7.63. The molecular weight excluding hydrogens is 282 g/mol. The highest BCUT2D eigenvalue weighted by molar-refractivity contribution is 5.74. The number of ether oxygens (including phenoxy) is 1. The van der Waals surface area contributed by atoms with Crippen molar-refractivity contribution in [2.45, 2.75) is 38.6 Å². The molecule has 2 rings (SSSR count). The molecule has 1 aromatic carbocycles. The summed E-state index contributed by atoms with van der Waals surface area (Å²) in [5.41, 5.74) is 0.933. The lowest BCUT2D eigenvalue weighted by Crippen LogP contribution is -2.48. The zero-order valence-electron chi connectivity index (χ0n) is 13.4. The van der Waals surface area contributed by atoms with Crippen LogP contribution in [0.3, 0.4) is 0 Å². The van der Waals surface area contributed by atoms with Crippen LogP contribution in [0.2, 0.25) is 0 Å². The molecule has 1 aliphatic rings. The highest BCUT2D eigenvalue weighted by Gasteiger charge is 2.31. The third-order valence-corrected chi connectivity index (χ3v) is 3.73. The highest BCUT2D eigenvalue weighted by Crippen LogP contribution is 2.19.